The lowest BCUT2D eigenvalue weighted by Gasteiger charge is -2.09. The van der Waals surface area contributed by atoms with Gasteiger partial charge >= 0.3 is 5.97 Å². The van der Waals surface area contributed by atoms with Gasteiger partial charge in [0.25, 0.3) is 6.43 Å². The van der Waals surface area contributed by atoms with Crippen molar-refractivity contribution in [3.8, 4) is 0 Å². The van der Waals surface area contributed by atoms with Gasteiger partial charge in [0.1, 0.15) is 5.15 Å². The van der Waals surface area contributed by atoms with Crippen LogP contribution < -0.4 is 5.73 Å². The fraction of sp³-hybridized carbons (Fsp3) is 0.333. The number of aromatic nitrogens is 1. The van der Waals surface area contributed by atoms with Crippen molar-refractivity contribution in [1.82, 2.24) is 4.98 Å². The van der Waals surface area contributed by atoms with Crippen LogP contribution in [-0.2, 0) is 17.8 Å². The molecule has 1 aromatic heterocycles. The molecule has 0 saturated carbocycles. The maximum absolute atomic E-state index is 12.6. The number of carboxylic acid groups (broad SMARTS) is 1. The van der Waals surface area contributed by atoms with Crippen LogP contribution in [0.2, 0.25) is 5.15 Å². The Labute approximate surface area is 95.0 Å². The molecule has 1 heterocycles. The first-order valence-electron chi connectivity index (χ1n) is 4.34. The van der Waals surface area contributed by atoms with Crippen molar-refractivity contribution < 1.29 is 18.7 Å². The molecule has 7 heteroatoms. The van der Waals surface area contributed by atoms with Crippen LogP contribution in [0.4, 0.5) is 8.78 Å². The van der Waals surface area contributed by atoms with Gasteiger partial charge in [-0.3, -0.25) is 4.79 Å². The van der Waals surface area contributed by atoms with Crippen LogP contribution >= 0.6 is 11.6 Å². The lowest BCUT2D eigenvalue weighted by Crippen LogP contribution is -2.09. The molecule has 1 rings (SSSR count). The summed E-state index contributed by atoms with van der Waals surface area (Å²) < 4.78 is 25.2. The number of nitrogens with zero attached hydrogens (tertiary/aromatic N) is 1. The summed E-state index contributed by atoms with van der Waals surface area (Å²) in [6.45, 7) is -0.0289. The summed E-state index contributed by atoms with van der Waals surface area (Å²) >= 11 is 5.66. The van der Waals surface area contributed by atoms with Gasteiger partial charge in [-0.25, -0.2) is 13.8 Å². The zero-order valence-corrected chi connectivity index (χ0v) is 8.84. The van der Waals surface area contributed by atoms with Gasteiger partial charge in [0.05, 0.1) is 12.1 Å². The number of aliphatic carboxylic acids is 1. The lowest BCUT2D eigenvalue weighted by molar-refractivity contribution is -0.136. The third-order valence-electron chi connectivity index (χ3n) is 1.93. The number of hydrogen-bond acceptors (Lipinski definition) is 3. The molecule has 0 aliphatic rings. The summed E-state index contributed by atoms with van der Waals surface area (Å²) in [5, 5.41) is 8.50. The molecule has 88 valence electrons. The molecule has 0 radical (unpaired) electrons. The van der Waals surface area contributed by atoms with E-state index in [1.54, 1.807) is 0 Å². The first-order valence-corrected chi connectivity index (χ1v) is 4.71. The largest absolute Gasteiger partial charge is 0.481 e. The van der Waals surface area contributed by atoms with Crippen LogP contribution in [-0.4, -0.2) is 16.1 Å². The molecule has 3 N–H and O–H groups in total. The SMILES string of the molecule is NCc1cc(C(F)F)c(CC(=O)O)nc1Cl. The van der Waals surface area contributed by atoms with E-state index in [1.165, 1.54) is 0 Å². The van der Waals surface area contributed by atoms with Crippen molar-refractivity contribution in [3.05, 3.63) is 28.0 Å². The standard InChI is InChI=1S/C9H9ClF2N2O2/c10-8-4(3-13)1-5(9(11)12)6(14-8)2-7(15)16/h1,9H,2-3,13H2,(H,15,16). The Balaban J connectivity index is 3.24. The molecule has 4 nitrogen and oxygen atoms in total. The van der Waals surface area contributed by atoms with E-state index >= 15 is 0 Å². The highest BCUT2D eigenvalue weighted by Crippen LogP contribution is 2.26. The highest BCUT2D eigenvalue weighted by molar-refractivity contribution is 6.30. The Morgan fingerprint density at radius 1 is 1.62 bits per heavy atom. The summed E-state index contributed by atoms with van der Waals surface area (Å²) in [5.74, 6) is -1.24. The zero-order valence-electron chi connectivity index (χ0n) is 8.08. The highest BCUT2D eigenvalue weighted by Gasteiger charge is 2.19. The van der Waals surface area contributed by atoms with Gasteiger partial charge in [-0.1, -0.05) is 11.6 Å². The number of carbonyl (C=O) groups is 1. The number of rotatable bonds is 4. The summed E-state index contributed by atoms with van der Waals surface area (Å²) in [4.78, 5) is 14.1. The predicted octanol–water partition coefficient (Wildman–Crippen LogP) is 1.76. The van der Waals surface area contributed by atoms with Gasteiger partial charge in [0.2, 0.25) is 0 Å². The lowest BCUT2D eigenvalue weighted by atomic mass is 10.1. The molecule has 0 unspecified atom stereocenters. The molecule has 16 heavy (non-hydrogen) atoms. The Hall–Kier alpha value is -1.27. The molecule has 0 spiro atoms. The molecule has 0 bridgehead atoms. The van der Waals surface area contributed by atoms with Crippen LogP contribution in [0.15, 0.2) is 6.07 Å². The number of alkyl halides is 2. The maximum Gasteiger partial charge on any atom is 0.309 e. The third kappa shape index (κ3) is 2.86. The second-order valence-corrected chi connectivity index (χ2v) is 3.41. The minimum Gasteiger partial charge on any atom is -0.481 e. The predicted molar refractivity (Wildman–Crippen MR) is 53.4 cm³/mol. The first kappa shape index (κ1) is 12.8. The monoisotopic (exact) mass is 250 g/mol. The first-order chi connectivity index (χ1) is 7.45. The van der Waals surface area contributed by atoms with E-state index < -0.39 is 24.4 Å². The molecular formula is C9H9ClF2N2O2. The summed E-state index contributed by atoms with van der Waals surface area (Å²) in [5.41, 5.74) is 4.89. The van der Waals surface area contributed by atoms with E-state index in [-0.39, 0.29) is 23.0 Å². The average Bonchev–Trinajstić information content (AvgIpc) is 2.16. The molecule has 0 saturated heterocycles. The van der Waals surface area contributed by atoms with Crippen molar-refractivity contribution in [3.63, 3.8) is 0 Å². The van der Waals surface area contributed by atoms with Crippen molar-refractivity contribution in [2.45, 2.75) is 19.4 Å². The Morgan fingerprint density at radius 2 is 2.25 bits per heavy atom. The summed E-state index contributed by atoms with van der Waals surface area (Å²) in [6, 6.07) is 1.10. The van der Waals surface area contributed by atoms with Crippen molar-refractivity contribution in [2.24, 2.45) is 5.73 Å². The van der Waals surface area contributed by atoms with E-state index in [4.69, 9.17) is 22.4 Å². The smallest absolute Gasteiger partial charge is 0.309 e. The molecule has 0 amide bonds. The summed E-state index contributed by atoms with van der Waals surface area (Å²) in [6.07, 6.45) is -3.39. The zero-order chi connectivity index (χ0) is 12.3. The van der Waals surface area contributed by atoms with Crippen LogP contribution in [0.5, 0.6) is 0 Å². The molecule has 0 fully saturated rings. The normalized spacial score (nSPS) is 10.8. The van der Waals surface area contributed by atoms with Crippen molar-refractivity contribution in [2.75, 3.05) is 0 Å². The Kier molecular flexibility index (Phi) is 4.14. The quantitative estimate of drug-likeness (QED) is 0.799. The second kappa shape index (κ2) is 5.18. The van der Waals surface area contributed by atoms with Gasteiger partial charge in [-0.15, -0.1) is 0 Å². The minimum absolute atomic E-state index is 0.0289. The van der Waals surface area contributed by atoms with Gasteiger partial charge in [0.15, 0.2) is 0 Å². The molecule has 0 atom stereocenters. The second-order valence-electron chi connectivity index (χ2n) is 3.05. The maximum atomic E-state index is 12.6. The number of pyridine rings is 1. The Morgan fingerprint density at radius 3 is 2.69 bits per heavy atom. The van der Waals surface area contributed by atoms with Crippen LogP contribution in [0, 0.1) is 0 Å². The van der Waals surface area contributed by atoms with Gasteiger partial charge in [0, 0.05) is 17.7 Å². The highest BCUT2D eigenvalue weighted by atomic mass is 35.5. The van der Waals surface area contributed by atoms with Crippen LogP contribution in [0.25, 0.3) is 0 Å². The van der Waals surface area contributed by atoms with E-state index in [2.05, 4.69) is 4.98 Å². The molecular weight excluding hydrogens is 242 g/mol. The van der Waals surface area contributed by atoms with Crippen LogP contribution in [0.1, 0.15) is 23.2 Å². The van der Waals surface area contributed by atoms with Crippen molar-refractivity contribution >= 4 is 17.6 Å². The van der Waals surface area contributed by atoms with E-state index in [0.29, 0.717) is 0 Å². The van der Waals surface area contributed by atoms with Gasteiger partial charge in [-0.2, -0.15) is 0 Å². The summed E-state index contributed by atoms with van der Waals surface area (Å²) in [7, 11) is 0. The Bertz CT molecular complexity index is 413. The minimum atomic E-state index is -2.80. The number of hydrogen-bond donors (Lipinski definition) is 2. The van der Waals surface area contributed by atoms with Crippen molar-refractivity contribution in [1.29, 1.82) is 0 Å². The van der Waals surface area contributed by atoms with E-state index in [1.807, 2.05) is 0 Å². The molecule has 1 aromatic rings. The number of halogens is 3. The van der Waals surface area contributed by atoms with E-state index in [9.17, 15) is 13.6 Å². The molecule has 0 aromatic carbocycles. The van der Waals surface area contributed by atoms with Crippen LogP contribution in [0.3, 0.4) is 0 Å². The van der Waals surface area contributed by atoms with Gasteiger partial charge in [-0.05, 0) is 6.07 Å². The number of nitrogens with two attached hydrogens (primary N) is 1. The third-order valence-corrected chi connectivity index (χ3v) is 2.26. The number of carboxylic acids is 1. The fourth-order valence-electron chi connectivity index (χ4n) is 1.20. The fourth-order valence-corrected chi connectivity index (χ4v) is 1.44. The van der Waals surface area contributed by atoms with E-state index in [0.717, 1.165) is 6.07 Å². The molecule has 0 aliphatic heterocycles. The average molecular weight is 251 g/mol. The topological polar surface area (TPSA) is 76.2 Å². The molecule has 0 aliphatic carbocycles. The van der Waals surface area contributed by atoms with Gasteiger partial charge < -0.3 is 10.8 Å².